The normalized spacial score (nSPS) is 22.5. The molecule has 0 unspecified atom stereocenters. The minimum absolute atomic E-state index is 0.0180. The van der Waals surface area contributed by atoms with Crippen LogP contribution >= 0.6 is 0 Å². The van der Waals surface area contributed by atoms with Gasteiger partial charge < -0.3 is 5.11 Å². The van der Waals surface area contributed by atoms with Crippen molar-refractivity contribution < 1.29 is 9.90 Å². The summed E-state index contributed by atoms with van der Waals surface area (Å²) < 4.78 is 0. The Labute approximate surface area is 159 Å². The van der Waals surface area contributed by atoms with Crippen molar-refractivity contribution in [2.45, 2.75) is 71.4 Å². The Morgan fingerprint density at radius 1 is 0.923 bits per heavy atom. The van der Waals surface area contributed by atoms with Gasteiger partial charge in [-0.15, -0.1) is 0 Å². The van der Waals surface area contributed by atoms with Crippen LogP contribution in [0.1, 0.15) is 60.3 Å². The predicted molar refractivity (Wildman–Crippen MR) is 106 cm³/mol. The Hall–Kier alpha value is -0.690. The first-order chi connectivity index (χ1) is 12.1. The number of likely N-dealkylation sites (tertiary alicyclic amines) is 1. The molecule has 2 heterocycles. The quantitative estimate of drug-likeness (QED) is 0.716. The number of rotatable bonds is 7. The second kappa shape index (κ2) is 9.00. The molecule has 2 aliphatic heterocycles. The predicted octanol–water partition coefficient (Wildman–Crippen LogP) is 1.70. The van der Waals surface area contributed by atoms with Crippen molar-refractivity contribution in [2.24, 2.45) is 5.92 Å². The van der Waals surface area contributed by atoms with Crippen molar-refractivity contribution in [3.63, 3.8) is 0 Å². The van der Waals surface area contributed by atoms with E-state index >= 15 is 0 Å². The van der Waals surface area contributed by atoms with Gasteiger partial charge in [-0.25, -0.2) is 5.01 Å². The molecule has 1 amide bonds. The third kappa shape index (κ3) is 5.91. The number of piperidine rings is 1. The Kier molecular flexibility index (Phi) is 7.48. The van der Waals surface area contributed by atoms with Crippen LogP contribution in [0, 0.1) is 5.92 Å². The number of piperazine rings is 1. The van der Waals surface area contributed by atoms with E-state index in [-0.39, 0.29) is 17.0 Å². The summed E-state index contributed by atoms with van der Waals surface area (Å²) in [6.07, 6.45) is 4.58. The number of carbonyl (C=O) groups excluding carboxylic acids is 1. The molecule has 6 heteroatoms. The van der Waals surface area contributed by atoms with E-state index in [2.05, 4.69) is 42.9 Å². The zero-order valence-corrected chi connectivity index (χ0v) is 17.6. The highest BCUT2D eigenvalue weighted by molar-refractivity contribution is 5.72. The van der Waals surface area contributed by atoms with Gasteiger partial charge in [0.05, 0.1) is 0 Å². The summed E-state index contributed by atoms with van der Waals surface area (Å²) in [5.41, 5.74) is 3.28. The van der Waals surface area contributed by atoms with Gasteiger partial charge in [-0.1, -0.05) is 0 Å². The summed E-state index contributed by atoms with van der Waals surface area (Å²) in [7, 11) is 0. The number of hydrogen-bond acceptors (Lipinski definition) is 5. The van der Waals surface area contributed by atoms with E-state index in [1.165, 1.54) is 12.8 Å². The molecule has 0 aromatic carbocycles. The average molecular weight is 369 g/mol. The summed E-state index contributed by atoms with van der Waals surface area (Å²) in [5.74, 6) is 0.517. The number of amides is 1. The highest BCUT2D eigenvalue weighted by atomic mass is 16.3. The Morgan fingerprint density at radius 2 is 1.38 bits per heavy atom. The summed E-state index contributed by atoms with van der Waals surface area (Å²) >= 11 is 0. The molecule has 2 saturated heterocycles. The number of carbonyl (C=O) groups is 1. The van der Waals surface area contributed by atoms with Crippen molar-refractivity contribution in [2.75, 3.05) is 45.9 Å². The van der Waals surface area contributed by atoms with E-state index in [0.29, 0.717) is 12.5 Å². The van der Waals surface area contributed by atoms with Gasteiger partial charge in [0.25, 0.3) is 0 Å². The SMILES string of the molecule is CC(=O)NN1CCN(C(C)(C)CCC(C)(C)N2CCC(CO)CC2)CC1. The van der Waals surface area contributed by atoms with Crippen LogP contribution in [0.15, 0.2) is 0 Å². The van der Waals surface area contributed by atoms with Crippen molar-refractivity contribution >= 4 is 5.91 Å². The maximum atomic E-state index is 11.2. The van der Waals surface area contributed by atoms with Crippen LogP contribution in [0.2, 0.25) is 0 Å². The lowest BCUT2D eigenvalue weighted by Crippen LogP contribution is -2.58. The smallest absolute Gasteiger partial charge is 0.231 e. The average Bonchev–Trinajstić information content (AvgIpc) is 2.60. The van der Waals surface area contributed by atoms with Gasteiger partial charge in [0.2, 0.25) is 5.91 Å². The molecule has 6 nitrogen and oxygen atoms in total. The molecule has 0 spiro atoms. The zero-order valence-electron chi connectivity index (χ0n) is 17.6. The van der Waals surface area contributed by atoms with Crippen LogP contribution in [-0.2, 0) is 4.79 Å². The van der Waals surface area contributed by atoms with Gasteiger partial charge >= 0.3 is 0 Å². The lowest BCUT2D eigenvalue weighted by molar-refractivity contribution is -0.125. The lowest BCUT2D eigenvalue weighted by atomic mass is 9.85. The van der Waals surface area contributed by atoms with Crippen molar-refractivity contribution in [1.82, 2.24) is 20.2 Å². The molecule has 152 valence electrons. The van der Waals surface area contributed by atoms with Crippen molar-refractivity contribution in [3.8, 4) is 0 Å². The van der Waals surface area contributed by atoms with Crippen LogP contribution in [0.25, 0.3) is 0 Å². The molecule has 0 bridgehead atoms. The fraction of sp³-hybridized carbons (Fsp3) is 0.950. The monoisotopic (exact) mass is 368 g/mol. The van der Waals surface area contributed by atoms with E-state index in [1.807, 2.05) is 5.01 Å². The van der Waals surface area contributed by atoms with Gasteiger partial charge in [-0.3, -0.25) is 20.0 Å². The third-order valence-electron chi connectivity index (χ3n) is 6.53. The molecule has 2 aliphatic rings. The van der Waals surface area contributed by atoms with E-state index < -0.39 is 0 Å². The van der Waals surface area contributed by atoms with Crippen LogP contribution < -0.4 is 5.43 Å². The molecule has 0 saturated carbocycles. The molecule has 0 aromatic rings. The fourth-order valence-corrected chi connectivity index (χ4v) is 4.30. The molecule has 0 radical (unpaired) electrons. The minimum atomic E-state index is 0.0180. The molecular weight excluding hydrogens is 328 g/mol. The first-order valence-electron chi connectivity index (χ1n) is 10.3. The second-order valence-corrected chi connectivity index (χ2v) is 9.38. The summed E-state index contributed by atoms with van der Waals surface area (Å²) in [6, 6.07) is 0. The topological polar surface area (TPSA) is 59.1 Å². The number of aliphatic hydroxyl groups excluding tert-OH is 1. The molecule has 2 rings (SSSR count). The number of nitrogens with zero attached hydrogens (tertiary/aromatic N) is 3. The molecule has 2 fully saturated rings. The molecule has 0 aliphatic carbocycles. The molecule has 26 heavy (non-hydrogen) atoms. The number of hydrazine groups is 1. The van der Waals surface area contributed by atoms with Gasteiger partial charge in [0.1, 0.15) is 0 Å². The Balaban J connectivity index is 1.80. The lowest BCUT2D eigenvalue weighted by Gasteiger charge is -2.47. The van der Waals surface area contributed by atoms with Gasteiger partial charge in [-0.05, 0) is 72.4 Å². The van der Waals surface area contributed by atoms with E-state index in [1.54, 1.807) is 6.92 Å². The van der Waals surface area contributed by atoms with E-state index in [9.17, 15) is 9.90 Å². The number of aliphatic hydroxyl groups is 1. The summed E-state index contributed by atoms with van der Waals surface area (Å²) in [5, 5.41) is 11.4. The maximum Gasteiger partial charge on any atom is 0.231 e. The minimum Gasteiger partial charge on any atom is -0.396 e. The van der Waals surface area contributed by atoms with Gasteiger partial charge in [-0.2, -0.15) is 0 Å². The second-order valence-electron chi connectivity index (χ2n) is 9.38. The van der Waals surface area contributed by atoms with Crippen molar-refractivity contribution in [3.05, 3.63) is 0 Å². The summed E-state index contributed by atoms with van der Waals surface area (Å²) in [6.45, 7) is 17.3. The number of nitrogens with one attached hydrogen (secondary N) is 1. The highest BCUT2D eigenvalue weighted by Gasteiger charge is 2.35. The maximum absolute atomic E-state index is 11.2. The first kappa shape index (κ1) is 21.6. The summed E-state index contributed by atoms with van der Waals surface area (Å²) in [4.78, 5) is 16.4. The van der Waals surface area contributed by atoms with Crippen LogP contribution in [0.4, 0.5) is 0 Å². The third-order valence-corrected chi connectivity index (χ3v) is 6.53. The Bertz CT molecular complexity index is 451. The van der Waals surface area contributed by atoms with Crippen LogP contribution in [0.5, 0.6) is 0 Å². The highest BCUT2D eigenvalue weighted by Crippen LogP contribution is 2.31. The van der Waals surface area contributed by atoms with E-state index in [0.717, 1.165) is 52.1 Å². The first-order valence-corrected chi connectivity index (χ1v) is 10.3. The standard InChI is InChI=1S/C20H40N4O2/c1-17(26)21-24-14-12-23(13-15-24)20(4,5)9-8-19(2,3)22-10-6-18(16-25)7-11-22/h18,25H,6-16H2,1-5H3,(H,21,26). The largest absolute Gasteiger partial charge is 0.396 e. The van der Waals surface area contributed by atoms with Gasteiger partial charge in [0.15, 0.2) is 0 Å². The Morgan fingerprint density at radius 3 is 1.81 bits per heavy atom. The molecular formula is C20H40N4O2. The fourth-order valence-electron chi connectivity index (χ4n) is 4.30. The molecule has 2 N–H and O–H groups in total. The van der Waals surface area contributed by atoms with Crippen LogP contribution in [0.3, 0.4) is 0 Å². The van der Waals surface area contributed by atoms with E-state index in [4.69, 9.17) is 0 Å². The number of hydrogen-bond donors (Lipinski definition) is 2. The van der Waals surface area contributed by atoms with Crippen molar-refractivity contribution in [1.29, 1.82) is 0 Å². The van der Waals surface area contributed by atoms with Gasteiger partial charge in [0, 0.05) is 50.8 Å². The zero-order chi connectivity index (χ0) is 19.4. The molecule has 0 atom stereocenters. The molecule has 0 aromatic heterocycles. The van der Waals surface area contributed by atoms with Crippen LogP contribution in [-0.4, -0.2) is 82.8 Å².